The Hall–Kier alpha value is -3.82. The molecular weight excluding hydrogens is 483 g/mol. The van der Waals surface area contributed by atoms with Gasteiger partial charge >= 0.3 is 5.97 Å². The third-order valence-corrected chi connectivity index (χ3v) is 6.21. The number of hydrogen-bond donors (Lipinski definition) is 2. The maximum Gasteiger partial charge on any atom is 0.348 e. The summed E-state index contributed by atoms with van der Waals surface area (Å²) in [5.74, 6) is -1.49. The van der Waals surface area contributed by atoms with E-state index in [0.29, 0.717) is 23.5 Å². The number of carbonyl (C=O) groups is 2. The molecule has 0 saturated heterocycles. The lowest BCUT2D eigenvalue weighted by molar-refractivity contribution is -0.147. The predicted octanol–water partition coefficient (Wildman–Crippen LogP) is 4.17. The molecule has 1 unspecified atom stereocenters. The molecule has 2 heterocycles. The number of carbonyl (C=O) groups excluding carboxylic acids is 1. The van der Waals surface area contributed by atoms with Gasteiger partial charge in [0.05, 0.1) is 25.3 Å². The number of carboxylic acids is 1. The number of hydrogen-bond acceptors (Lipinski definition) is 7. The first-order chi connectivity index (χ1) is 17.5. The molecule has 37 heavy (non-hydrogen) atoms. The average molecular weight is 515 g/mol. The minimum atomic E-state index is -1.19. The number of fused-ring (bicyclic) bond motifs is 2. The van der Waals surface area contributed by atoms with Gasteiger partial charge in [0.1, 0.15) is 12.4 Å². The topological polar surface area (TPSA) is 118 Å². The molecule has 1 atom stereocenters. The van der Waals surface area contributed by atoms with Gasteiger partial charge in [0.25, 0.3) is 0 Å². The van der Waals surface area contributed by atoms with Crippen molar-refractivity contribution in [2.24, 2.45) is 0 Å². The maximum absolute atomic E-state index is 15.4. The summed E-state index contributed by atoms with van der Waals surface area (Å²) in [4.78, 5) is 26.3. The highest BCUT2D eigenvalue weighted by Gasteiger charge is 2.35. The van der Waals surface area contributed by atoms with E-state index in [2.05, 4.69) is 0 Å². The zero-order valence-corrected chi connectivity index (χ0v) is 21.6. The fourth-order valence-electron chi connectivity index (χ4n) is 4.45. The molecule has 9 nitrogen and oxygen atoms in total. The fraction of sp³-hybridized carbons (Fsp3) is 0.444. The number of aliphatic carboxylic acids is 1. The lowest BCUT2D eigenvalue weighted by Crippen LogP contribution is -2.37. The van der Waals surface area contributed by atoms with Crippen molar-refractivity contribution in [3.63, 3.8) is 0 Å². The Morgan fingerprint density at radius 2 is 1.89 bits per heavy atom. The molecule has 2 N–H and O–H groups in total. The molecular formula is C27H31FN2O7. The third-order valence-electron chi connectivity index (χ3n) is 6.21. The van der Waals surface area contributed by atoms with E-state index in [0.717, 1.165) is 0 Å². The van der Waals surface area contributed by atoms with Crippen molar-refractivity contribution in [2.75, 3.05) is 26.4 Å². The van der Waals surface area contributed by atoms with Crippen LogP contribution in [0.2, 0.25) is 0 Å². The first kappa shape index (κ1) is 26.2. The van der Waals surface area contributed by atoms with E-state index in [9.17, 15) is 14.7 Å². The first-order valence-corrected chi connectivity index (χ1v) is 12.1. The highest BCUT2D eigenvalue weighted by molar-refractivity contribution is 6.06. The van der Waals surface area contributed by atoms with Crippen LogP contribution in [0.25, 0.3) is 0 Å². The van der Waals surface area contributed by atoms with Crippen molar-refractivity contribution in [3.05, 3.63) is 46.3 Å². The van der Waals surface area contributed by atoms with Crippen molar-refractivity contribution in [1.29, 1.82) is 5.41 Å². The molecule has 0 amide bonds. The van der Waals surface area contributed by atoms with Gasteiger partial charge in [-0.1, -0.05) is 20.8 Å². The molecule has 10 heteroatoms. The lowest BCUT2D eigenvalue weighted by Gasteiger charge is -2.30. The molecule has 0 aliphatic carbocycles. The summed E-state index contributed by atoms with van der Waals surface area (Å²) in [6.07, 6.45) is -1.19. The van der Waals surface area contributed by atoms with Crippen molar-refractivity contribution in [2.45, 2.75) is 52.7 Å². The summed E-state index contributed by atoms with van der Waals surface area (Å²) < 4.78 is 37.7. The van der Waals surface area contributed by atoms with Crippen LogP contribution < -0.4 is 18.9 Å². The number of halogens is 1. The van der Waals surface area contributed by atoms with Gasteiger partial charge in [-0.2, -0.15) is 0 Å². The second-order valence-corrected chi connectivity index (χ2v) is 9.90. The van der Waals surface area contributed by atoms with Gasteiger partial charge in [-0.25, -0.2) is 9.18 Å². The molecule has 0 saturated carbocycles. The van der Waals surface area contributed by atoms with Crippen LogP contribution in [0.5, 0.6) is 23.0 Å². The molecule has 0 radical (unpaired) electrons. The SMILES string of the molecule is CCOc1cc2c(c(F)c1OCC)C(=N)N(CC(=O)c1cc3c(c(C(C)(C)C)c1)OCC(C(=O)O)O3)C2. The van der Waals surface area contributed by atoms with E-state index in [1.165, 1.54) is 11.0 Å². The number of ketones is 1. The van der Waals surface area contributed by atoms with E-state index in [1.54, 1.807) is 26.0 Å². The molecule has 198 valence electrons. The standard InChI is InChI=1S/C27H31FN2O7/c1-6-34-18-10-15-11-30(25(29)21(15)22(28)24(18)35-7-2)12-17(31)14-8-16(27(3,4)5)23-19(9-14)37-20(13-36-23)26(32)33/h8-10,20,29H,6-7,11-13H2,1-5H3,(H,32,33). The maximum atomic E-state index is 15.4. The van der Waals surface area contributed by atoms with Gasteiger partial charge in [0.2, 0.25) is 6.10 Å². The summed E-state index contributed by atoms with van der Waals surface area (Å²) in [6.45, 7) is 9.74. The summed E-state index contributed by atoms with van der Waals surface area (Å²) in [7, 11) is 0. The summed E-state index contributed by atoms with van der Waals surface area (Å²) in [5.41, 5.74) is 1.18. The Morgan fingerprint density at radius 3 is 2.51 bits per heavy atom. The predicted molar refractivity (Wildman–Crippen MR) is 133 cm³/mol. The van der Waals surface area contributed by atoms with Crippen molar-refractivity contribution < 1.29 is 38.0 Å². The minimum absolute atomic E-state index is 0.0457. The van der Waals surface area contributed by atoms with Gasteiger partial charge in [0, 0.05) is 17.7 Å². The number of amidine groups is 1. The quantitative estimate of drug-likeness (QED) is 0.504. The number of Topliss-reactive ketones (excluding diaryl/α,β-unsaturated/α-hetero) is 1. The molecule has 4 rings (SSSR count). The van der Waals surface area contributed by atoms with Gasteiger partial charge in [0.15, 0.2) is 34.6 Å². The van der Waals surface area contributed by atoms with E-state index in [1.807, 2.05) is 20.8 Å². The average Bonchev–Trinajstić information content (AvgIpc) is 3.14. The number of ether oxygens (including phenoxy) is 4. The van der Waals surface area contributed by atoms with Gasteiger partial charge in [-0.05, 0) is 43.0 Å². The Bertz CT molecular complexity index is 1270. The highest BCUT2D eigenvalue weighted by Crippen LogP contribution is 2.43. The second-order valence-electron chi connectivity index (χ2n) is 9.90. The molecule has 0 aromatic heterocycles. The zero-order valence-electron chi connectivity index (χ0n) is 21.6. The monoisotopic (exact) mass is 514 g/mol. The fourth-order valence-corrected chi connectivity index (χ4v) is 4.45. The van der Waals surface area contributed by atoms with Crippen LogP contribution in [0.3, 0.4) is 0 Å². The van der Waals surface area contributed by atoms with Crippen LogP contribution in [-0.4, -0.2) is 60.1 Å². The molecule has 2 aliphatic heterocycles. The molecule has 2 aliphatic rings. The Labute approximate surface area is 214 Å². The number of nitrogens with one attached hydrogen (secondary N) is 1. The van der Waals surface area contributed by atoms with E-state index >= 15 is 4.39 Å². The van der Waals surface area contributed by atoms with E-state index < -0.39 is 23.3 Å². The summed E-state index contributed by atoms with van der Waals surface area (Å²) >= 11 is 0. The third kappa shape index (κ3) is 4.92. The summed E-state index contributed by atoms with van der Waals surface area (Å²) in [6, 6.07) is 4.83. The minimum Gasteiger partial charge on any atom is -0.490 e. The van der Waals surface area contributed by atoms with Crippen LogP contribution in [-0.2, 0) is 16.8 Å². The number of nitrogens with zero attached hydrogens (tertiary/aromatic N) is 1. The normalized spacial score (nSPS) is 16.4. The zero-order chi connectivity index (χ0) is 27.1. The number of benzene rings is 2. The number of carboxylic acid groups (broad SMARTS) is 1. The Balaban J connectivity index is 1.64. The van der Waals surface area contributed by atoms with E-state index in [4.69, 9.17) is 24.4 Å². The molecule has 0 bridgehead atoms. The second kappa shape index (κ2) is 9.91. The van der Waals surface area contributed by atoms with Crippen LogP contribution in [0.1, 0.15) is 61.7 Å². The van der Waals surface area contributed by atoms with Crippen molar-refractivity contribution in [1.82, 2.24) is 4.90 Å². The van der Waals surface area contributed by atoms with Gasteiger partial charge in [-0.15, -0.1) is 0 Å². The van der Waals surface area contributed by atoms with Crippen LogP contribution in [0, 0.1) is 11.2 Å². The van der Waals surface area contributed by atoms with Crippen LogP contribution >= 0.6 is 0 Å². The highest BCUT2D eigenvalue weighted by atomic mass is 19.1. The van der Waals surface area contributed by atoms with Crippen LogP contribution in [0.15, 0.2) is 18.2 Å². The van der Waals surface area contributed by atoms with Gasteiger partial charge < -0.3 is 29.0 Å². The van der Waals surface area contributed by atoms with Crippen molar-refractivity contribution in [3.8, 4) is 23.0 Å². The largest absolute Gasteiger partial charge is 0.490 e. The van der Waals surface area contributed by atoms with E-state index in [-0.39, 0.29) is 66.3 Å². The Morgan fingerprint density at radius 1 is 1.19 bits per heavy atom. The smallest absolute Gasteiger partial charge is 0.348 e. The van der Waals surface area contributed by atoms with Gasteiger partial charge in [-0.3, -0.25) is 10.2 Å². The van der Waals surface area contributed by atoms with Crippen molar-refractivity contribution >= 4 is 17.6 Å². The van der Waals surface area contributed by atoms with Crippen LogP contribution in [0.4, 0.5) is 4.39 Å². The summed E-state index contributed by atoms with van der Waals surface area (Å²) in [5, 5.41) is 17.9. The first-order valence-electron chi connectivity index (χ1n) is 12.1. The molecule has 2 aromatic carbocycles. The molecule has 0 spiro atoms. The molecule has 2 aromatic rings. The Kier molecular flexibility index (Phi) is 7.03. The number of rotatable bonds is 8. The lowest BCUT2D eigenvalue weighted by atomic mass is 9.84. The molecule has 0 fully saturated rings.